The lowest BCUT2D eigenvalue weighted by atomic mass is 10.2. The Morgan fingerprint density at radius 3 is 2.73 bits per heavy atom. The number of anilines is 2. The number of rotatable bonds is 4. The molecule has 0 saturated carbocycles. The number of carbonyl (C=O) groups is 1. The van der Waals surface area contributed by atoms with Crippen LogP contribution < -0.4 is 10.6 Å². The number of urea groups is 1. The van der Waals surface area contributed by atoms with E-state index in [4.69, 9.17) is 11.6 Å². The van der Waals surface area contributed by atoms with Crippen molar-refractivity contribution in [3.05, 3.63) is 89.8 Å². The summed E-state index contributed by atoms with van der Waals surface area (Å²) in [5.74, 6) is 0. The number of hydrogen-bond acceptors (Lipinski definition) is 2. The molecule has 0 radical (unpaired) electrons. The Bertz CT molecular complexity index is 1350. The third kappa shape index (κ3) is 3.49. The van der Waals surface area contributed by atoms with Gasteiger partial charge in [-0.25, -0.2) is 9.78 Å². The van der Waals surface area contributed by atoms with Crippen molar-refractivity contribution in [2.75, 3.05) is 10.6 Å². The predicted molar refractivity (Wildman–Crippen MR) is 121 cm³/mol. The number of hydrogen-bond donors (Lipinski definition) is 3. The Morgan fingerprint density at radius 1 is 1.00 bits per heavy atom. The summed E-state index contributed by atoms with van der Waals surface area (Å²) in [6.07, 6.45) is 5.80. The minimum absolute atomic E-state index is 0.305. The van der Waals surface area contributed by atoms with Crippen molar-refractivity contribution in [3.63, 3.8) is 0 Å². The van der Waals surface area contributed by atoms with E-state index in [1.165, 1.54) is 0 Å². The van der Waals surface area contributed by atoms with Crippen LogP contribution >= 0.6 is 11.6 Å². The first-order valence-corrected chi connectivity index (χ1v) is 9.87. The van der Waals surface area contributed by atoms with E-state index < -0.39 is 0 Å². The lowest BCUT2D eigenvalue weighted by molar-refractivity contribution is 0.262. The number of nitrogens with zero attached hydrogens (tertiary/aromatic N) is 2. The number of aromatic amines is 1. The molecule has 3 N–H and O–H groups in total. The lowest BCUT2D eigenvalue weighted by Crippen LogP contribution is -2.19. The zero-order valence-corrected chi connectivity index (χ0v) is 16.6. The van der Waals surface area contributed by atoms with Gasteiger partial charge in [-0.2, -0.15) is 0 Å². The van der Waals surface area contributed by atoms with Crippen molar-refractivity contribution in [1.29, 1.82) is 0 Å². The van der Waals surface area contributed by atoms with Crippen molar-refractivity contribution < 1.29 is 4.79 Å². The number of fused-ring (bicyclic) bond motifs is 2. The minimum atomic E-state index is -0.305. The van der Waals surface area contributed by atoms with E-state index in [1.54, 1.807) is 30.5 Å². The second-order valence-corrected chi connectivity index (χ2v) is 7.42. The molecule has 7 heteroatoms. The number of benzene rings is 2. The monoisotopic (exact) mass is 415 g/mol. The van der Waals surface area contributed by atoms with Gasteiger partial charge in [-0.05, 0) is 60.2 Å². The smallest absolute Gasteiger partial charge is 0.323 e. The van der Waals surface area contributed by atoms with Crippen molar-refractivity contribution in [2.24, 2.45) is 0 Å². The van der Waals surface area contributed by atoms with Crippen molar-refractivity contribution >= 4 is 50.9 Å². The molecule has 0 aliphatic heterocycles. The summed E-state index contributed by atoms with van der Waals surface area (Å²) in [5, 5.41) is 8.46. The first kappa shape index (κ1) is 18.3. The van der Waals surface area contributed by atoms with Crippen LogP contribution in [0.3, 0.4) is 0 Å². The van der Waals surface area contributed by atoms with Gasteiger partial charge < -0.3 is 20.2 Å². The second-order valence-electron chi connectivity index (χ2n) is 6.98. The molecule has 148 valence electrons. The SMILES string of the molecule is O=C(Nc1ccc(Cl)cc1)Nc1cccc2c1ccn2Cc1c[nH]c2ncccc12. The molecular weight excluding hydrogens is 398 g/mol. The summed E-state index contributed by atoms with van der Waals surface area (Å²) in [6.45, 7) is 0.704. The van der Waals surface area contributed by atoms with E-state index >= 15 is 0 Å². The molecule has 0 bridgehead atoms. The van der Waals surface area contributed by atoms with Crippen LogP contribution in [-0.4, -0.2) is 20.6 Å². The molecule has 6 nitrogen and oxygen atoms in total. The molecule has 5 aromatic rings. The van der Waals surface area contributed by atoms with E-state index in [2.05, 4.69) is 31.2 Å². The molecule has 2 aromatic carbocycles. The van der Waals surface area contributed by atoms with Crippen LogP contribution in [-0.2, 0) is 6.54 Å². The summed E-state index contributed by atoms with van der Waals surface area (Å²) >= 11 is 5.89. The van der Waals surface area contributed by atoms with Crippen molar-refractivity contribution in [2.45, 2.75) is 6.54 Å². The highest BCUT2D eigenvalue weighted by Gasteiger charge is 2.11. The molecule has 30 heavy (non-hydrogen) atoms. The predicted octanol–water partition coefficient (Wildman–Crippen LogP) is 5.86. The highest BCUT2D eigenvalue weighted by molar-refractivity contribution is 6.30. The standard InChI is InChI=1S/C23H18ClN5O/c24-16-6-8-17(9-7-16)27-23(30)28-20-4-1-5-21-19(20)10-12-29(21)14-15-13-26-22-18(15)3-2-11-25-22/h1-13H,14H2,(H,25,26)(H2,27,28,30). The topological polar surface area (TPSA) is 74.7 Å². The highest BCUT2D eigenvalue weighted by Crippen LogP contribution is 2.27. The van der Waals surface area contributed by atoms with Gasteiger partial charge >= 0.3 is 6.03 Å². The number of amides is 2. The first-order valence-electron chi connectivity index (χ1n) is 9.50. The van der Waals surface area contributed by atoms with Crippen LogP contribution in [0.25, 0.3) is 21.9 Å². The van der Waals surface area contributed by atoms with Gasteiger partial charge in [0.25, 0.3) is 0 Å². The lowest BCUT2D eigenvalue weighted by Gasteiger charge is -2.10. The van der Waals surface area contributed by atoms with E-state index in [0.717, 1.165) is 33.2 Å². The summed E-state index contributed by atoms with van der Waals surface area (Å²) in [5.41, 5.74) is 4.50. The third-order valence-electron chi connectivity index (χ3n) is 5.04. The van der Waals surface area contributed by atoms with Crippen LogP contribution in [0.15, 0.2) is 79.3 Å². The zero-order valence-electron chi connectivity index (χ0n) is 15.9. The summed E-state index contributed by atoms with van der Waals surface area (Å²) in [6, 6.07) is 18.6. The molecular formula is C23H18ClN5O. The van der Waals surface area contributed by atoms with Crippen molar-refractivity contribution in [1.82, 2.24) is 14.5 Å². The highest BCUT2D eigenvalue weighted by atomic mass is 35.5. The summed E-state index contributed by atoms with van der Waals surface area (Å²) in [7, 11) is 0. The molecule has 0 saturated heterocycles. The molecule has 3 aromatic heterocycles. The maximum atomic E-state index is 12.4. The number of aromatic nitrogens is 3. The van der Waals surface area contributed by atoms with E-state index in [9.17, 15) is 4.79 Å². The van der Waals surface area contributed by atoms with E-state index in [-0.39, 0.29) is 6.03 Å². The fourth-order valence-electron chi connectivity index (χ4n) is 3.62. The van der Waals surface area contributed by atoms with Gasteiger partial charge in [0.05, 0.1) is 11.2 Å². The zero-order chi connectivity index (χ0) is 20.5. The van der Waals surface area contributed by atoms with Crippen LogP contribution in [0, 0.1) is 0 Å². The van der Waals surface area contributed by atoms with E-state index in [0.29, 0.717) is 17.3 Å². The van der Waals surface area contributed by atoms with Gasteiger partial charge in [-0.15, -0.1) is 0 Å². The maximum absolute atomic E-state index is 12.4. The number of halogens is 1. The molecule has 5 rings (SSSR count). The van der Waals surface area contributed by atoms with Gasteiger partial charge in [0, 0.05) is 46.6 Å². The Balaban J connectivity index is 1.39. The molecule has 0 aliphatic carbocycles. The Morgan fingerprint density at radius 2 is 1.87 bits per heavy atom. The number of H-pyrrole nitrogens is 1. The summed E-state index contributed by atoms with van der Waals surface area (Å²) in [4.78, 5) is 20.0. The number of nitrogens with one attached hydrogen (secondary N) is 3. The molecule has 0 fully saturated rings. The minimum Gasteiger partial charge on any atom is -0.346 e. The maximum Gasteiger partial charge on any atom is 0.323 e. The van der Waals surface area contributed by atoms with Gasteiger partial charge in [0.2, 0.25) is 0 Å². The van der Waals surface area contributed by atoms with Crippen LogP contribution in [0.1, 0.15) is 5.56 Å². The van der Waals surface area contributed by atoms with E-state index in [1.807, 2.05) is 42.7 Å². The summed E-state index contributed by atoms with van der Waals surface area (Å²) < 4.78 is 2.16. The third-order valence-corrected chi connectivity index (χ3v) is 5.29. The number of carbonyl (C=O) groups excluding carboxylic acids is 1. The van der Waals surface area contributed by atoms with Gasteiger partial charge in [0.1, 0.15) is 5.65 Å². The van der Waals surface area contributed by atoms with Gasteiger partial charge in [-0.3, -0.25) is 0 Å². The van der Waals surface area contributed by atoms with Gasteiger partial charge in [-0.1, -0.05) is 17.7 Å². The van der Waals surface area contributed by atoms with Crippen LogP contribution in [0.4, 0.5) is 16.2 Å². The largest absolute Gasteiger partial charge is 0.346 e. The molecule has 2 amide bonds. The average molecular weight is 416 g/mol. The first-order chi connectivity index (χ1) is 14.7. The Labute approximate surface area is 177 Å². The molecule has 0 atom stereocenters. The van der Waals surface area contributed by atoms with Crippen molar-refractivity contribution in [3.8, 4) is 0 Å². The van der Waals surface area contributed by atoms with Crippen LogP contribution in [0.5, 0.6) is 0 Å². The fourth-order valence-corrected chi connectivity index (χ4v) is 3.74. The average Bonchev–Trinajstić information content (AvgIpc) is 3.35. The van der Waals surface area contributed by atoms with Gasteiger partial charge in [0.15, 0.2) is 0 Å². The quantitative estimate of drug-likeness (QED) is 0.343. The molecule has 0 spiro atoms. The Kier molecular flexibility index (Phi) is 4.61. The molecule has 0 aliphatic rings. The molecule has 3 heterocycles. The normalized spacial score (nSPS) is 11.1. The van der Waals surface area contributed by atoms with Crippen LogP contribution in [0.2, 0.25) is 5.02 Å². The fraction of sp³-hybridized carbons (Fsp3) is 0.0435. The molecule has 0 unspecified atom stereocenters. The Hall–Kier alpha value is -3.77. The number of pyridine rings is 1. The second kappa shape index (κ2) is 7.57.